The van der Waals surface area contributed by atoms with E-state index < -0.39 is 17.5 Å². The van der Waals surface area contributed by atoms with Crippen LogP contribution < -0.4 is 20.3 Å². The van der Waals surface area contributed by atoms with Gasteiger partial charge in [-0.1, -0.05) is 11.3 Å². The van der Waals surface area contributed by atoms with Crippen LogP contribution in [0.3, 0.4) is 0 Å². The number of hydrogen-bond donors (Lipinski definition) is 2. The summed E-state index contributed by atoms with van der Waals surface area (Å²) in [5, 5.41) is 5.77. The topological polar surface area (TPSA) is 97.0 Å². The molecule has 3 amide bonds. The number of rotatable bonds is 5. The van der Waals surface area contributed by atoms with E-state index in [-0.39, 0.29) is 6.09 Å². The number of amides is 3. The molecule has 2 heterocycles. The molecule has 1 fully saturated rings. The Hall–Kier alpha value is -2.59. The number of halogens is 1. The standard InChI is InChI=1S/C20H22BrN3O5S/c1-12-11-13(5-6-14(12)24-9-4-10-28-19(24)27)22-17(25)20(2,3)23-18(26)29-16-8-7-15(21)30-16/h5-8,11H,4,9-10H2,1-3H3,(H,22,25)(H,23,26). The van der Waals surface area contributed by atoms with Crippen molar-refractivity contribution in [3.05, 3.63) is 39.7 Å². The Balaban J connectivity index is 1.63. The molecule has 0 spiro atoms. The van der Waals surface area contributed by atoms with Crippen molar-refractivity contribution >= 4 is 56.7 Å². The first-order valence-electron chi connectivity index (χ1n) is 9.27. The van der Waals surface area contributed by atoms with Gasteiger partial charge in [-0.25, -0.2) is 9.59 Å². The van der Waals surface area contributed by atoms with Crippen LogP contribution in [0, 0.1) is 6.92 Å². The third-order valence-corrected chi connectivity index (χ3v) is 5.94. The molecule has 1 aliphatic heterocycles. The molecule has 2 aromatic rings. The number of anilines is 2. The van der Waals surface area contributed by atoms with Crippen molar-refractivity contribution in [1.29, 1.82) is 0 Å². The van der Waals surface area contributed by atoms with Gasteiger partial charge >= 0.3 is 12.2 Å². The highest BCUT2D eigenvalue weighted by molar-refractivity contribution is 9.11. The first kappa shape index (κ1) is 22.1. The molecule has 0 bridgehead atoms. The van der Waals surface area contributed by atoms with Crippen molar-refractivity contribution < 1.29 is 23.9 Å². The molecule has 0 aliphatic carbocycles. The first-order chi connectivity index (χ1) is 14.2. The molecular formula is C20H22BrN3O5S. The van der Waals surface area contributed by atoms with E-state index in [2.05, 4.69) is 26.6 Å². The molecule has 1 aromatic heterocycles. The quantitative estimate of drug-likeness (QED) is 0.627. The second-order valence-electron chi connectivity index (χ2n) is 7.27. The first-order valence-corrected chi connectivity index (χ1v) is 10.9. The Morgan fingerprint density at radius 2 is 2.03 bits per heavy atom. The zero-order valence-electron chi connectivity index (χ0n) is 16.8. The van der Waals surface area contributed by atoms with Gasteiger partial charge in [-0.3, -0.25) is 9.69 Å². The van der Waals surface area contributed by atoms with Crippen LogP contribution in [0.25, 0.3) is 0 Å². The molecule has 1 saturated heterocycles. The molecule has 1 aliphatic rings. The van der Waals surface area contributed by atoms with E-state index in [0.717, 1.165) is 21.5 Å². The van der Waals surface area contributed by atoms with E-state index in [0.29, 0.717) is 23.9 Å². The number of benzene rings is 1. The molecule has 30 heavy (non-hydrogen) atoms. The summed E-state index contributed by atoms with van der Waals surface area (Å²) in [7, 11) is 0. The SMILES string of the molecule is Cc1cc(NC(=O)C(C)(C)NC(=O)Oc2ccc(Br)s2)ccc1N1CCCOC1=O. The summed E-state index contributed by atoms with van der Waals surface area (Å²) in [4.78, 5) is 38.4. The molecule has 0 unspecified atom stereocenters. The van der Waals surface area contributed by atoms with Crippen molar-refractivity contribution in [1.82, 2.24) is 5.32 Å². The summed E-state index contributed by atoms with van der Waals surface area (Å²) in [6, 6.07) is 8.66. The lowest BCUT2D eigenvalue weighted by molar-refractivity contribution is -0.121. The van der Waals surface area contributed by atoms with Gasteiger partial charge in [0.1, 0.15) is 5.54 Å². The second-order valence-corrected chi connectivity index (χ2v) is 9.70. The fourth-order valence-corrected chi connectivity index (χ4v) is 4.07. The molecule has 8 nitrogen and oxygen atoms in total. The minimum atomic E-state index is -1.21. The average Bonchev–Trinajstić information content (AvgIpc) is 3.06. The monoisotopic (exact) mass is 495 g/mol. The largest absolute Gasteiger partial charge is 0.449 e. The Bertz CT molecular complexity index is 975. The van der Waals surface area contributed by atoms with E-state index in [1.807, 2.05) is 6.92 Å². The average molecular weight is 496 g/mol. The minimum Gasteiger partial charge on any atom is -0.449 e. The van der Waals surface area contributed by atoms with Crippen molar-refractivity contribution in [2.75, 3.05) is 23.4 Å². The number of thiophene rings is 1. The zero-order valence-corrected chi connectivity index (χ0v) is 19.2. The molecule has 10 heteroatoms. The van der Waals surface area contributed by atoms with Crippen LogP contribution in [-0.4, -0.2) is 36.8 Å². The molecule has 3 rings (SSSR count). The van der Waals surface area contributed by atoms with Crippen molar-refractivity contribution in [2.24, 2.45) is 0 Å². The Kier molecular flexibility index (Phi) is 6.67. The van der Waals surface area contributed by atoms with E-state index >= 15 is 0 Å². The lowest BCUT2D eigenvalue weighted by Gasteiger charge is -2.28. The summed E-state index contributed by atoms with van der Waals surface area (Å²) in [5.74, 6) is -0.406. The summed E-state index contributed by atoms with van der Waals surface area (Å²) < 4.78 is 11.1. The number of carbonyl (C=O) groups excluding carboxylic acids is 3. The minimum absolute atomic E-state index is 0.372. The maximum atomic E-state index is 12.7. The maximum Gasteiger partial charge on any atom is 0.414 e. The molecule has 1 aromatic carbocycles. The van der Waals surface area contributed by atoms with Gasteiger partial charge in [-0.2, -0.15) is 0 Å². The predicted octanol–water partition coefficient (Wildman–Crippen LogP) is 4.67. The van der Waals surface area contributed by atoms with E-state index in [9.17, 15) is 14.4 Å². The van der Waals surface area contributed by atoms with Gasteiger partial charge in [0, 0.05) is 12.2 Å². The predicted molar refractivity (Wildman–Crippen MR) is 118 cm³/mol. The fourth-order valence-electron chi connectivity index (χ4n) is 2.87. The highest BCUT2D eigenvalue weighted by Gasteiger charge is 2.31. The van der Waals surface area contributed by atoms with E-state index in [1.165, 1.54) is 11.3 Å². The van der Waals surface area contributed by atoms with Gasteiger partial charge in [0.15, 0.2) is 5.06 Å². The molecule has 2 N–H and O–H groups in total. The third kappa shape index (κ3) is 5.31. The van der Waals surface area contributed by atoms with Crippen molar-refractivity contribution in [2.45, 2.75) is 32.7 Å². The number of nitrogens with zero attached hydrogens (tertiary/aromatic N) is 1. The number of nitrogens with one attached hydrogen (secondary N) is 2. The second kappa shape index (κ2) is 9.05. The van der Waals surface area contributed by atoms with Gasteiger partial charge < -0.3 is 20.1 Å². The van der Waals surface area contributed by atoms with Crippen molar-refractivity contribution in [3.63, 3.8) is 0 Å². The molecule has 0 radical (unpaired) electrons. The third-order valence-electron chi connectivity index (χ3n) is 4.44. The lowest BCUT2D eigenvalue weighted by atomic mass is 10.0. The molecule has 0 saturated carbocycles. The van der Waals surface area contributed by atoms with Crippen molar-refractivity contribution in [3.8, 4) is 5.06 Å². The number of hydrogen-bond acceptors (Lipinski definition) is 6. The smallest absolute Gasteiger partial charge is 0.414 e. The number of carbonyl (C=O) groups is 3. The van der Waals surface area contributed by atoms with Crippen LogP contribution in [0.1, 0.15) is 25.8 Å². The Morgan fingerprint density at radius 3 is 2.67 bits per heavy atom. The van der Waals surface area contributed by atoms with Crippen LogP contribution >= 0.6 is 27.3 Å². The van der Waals surface area contributed by atoms with Gasteiger partial charge in [-0.05, 0) is 79.0 Å². The van der Waals surface area contributed by atoms with Crippen LogP contribution in [-0.2, 0) is 9.53 Å². The summed E-state index contributed by atoms with van der Waals surface area (Å²) in [6.45, 7) is 6.03. The number of ether oxygens (including phenoxy) is 2. The Morgan fingerprint density at radius 1 is 1.27 bits per heavy atom. The van der Waals surface area contributed by atoms with Crippen LogP contribution in [0.2, 0.25) is 0 Å². The highest BCUT2D eigenvalue weighted by Crippen LogP contribution is 2.29. The highest BCUT2D eigenvalue weighted by atomic mass is 79.9. The normalized spacial score (nSPS) is 14.1. The van der Waals surface area contributed by atoms with Gasteiger partial charge in [0.2, 0.25) is 5.91 Å². The van der Waals surface area contributed by atoms with Gasteiger partial charge in [0.05, 0.1) is 16.1 Å². The number of cyclic esters (lactones) is 1. The fraction of sp³-hybridized carbons (Fsp3) is 0.350. The number of aryl methyl sites for hydroxylation is 1. The van der Waals surface area contributed by atoms with Gasteiger partial charge in [0.25, 0.3) is 0 Å². The molecule has 0 atom stereocenters. The van der Waals surface area contributed by atoms with Crippen LogP contribution in [0.4, 0.5) is 21.0 Å². The maximum absolute atomic E-state index is 12.7. The van der Waals surface area contributed by atoms with Crippen LogP contribution in [0.5, 0.6) is 5.06 Å². The summed E-state index contributed by atoms with van der Waals surface area (Å²) >= 11 is 4.56. The summed E-state index contributed by atoms with van der Waals surface area (Å²) in [5.41, 5.74) is 0.896. The van der Waals surface area contributed by atoms with E-state index in [1.54, 1.807) is 49.1 Å². The molecular weight excluding hydrogens is 474 g/mol. The lowest BCUT2D eigenvalue weighted by Crippen LogP contribution is -2.53. The Labute approximate surface area is 186 Å². The summed E-state index contributed by atoms with van der Waals surface area (Å²) in [6.07, 6.45) is -0.329. The van der Waals surface area contributed by atoms with E-state index in [4.69, 9.17) is 9.47 Å². The van der Waals surface area contributed by atoms with Crippen LogP contribution in [0.15, 0.2) is 34.1 Å². The molecule has 160 valence electrons. The van der Waals surface area contributed by atoms with Gasteiger partial charge in [-0.15, -0.1) is 0 Å². The zero-order chi connectivity index (χ0) is 21.9.